The van der Waals surface area contributed by atoms with Gasteiger partial charge in [0.1, 0.15) is 12.4 Å². The number of benzene rings is 1. The Labute approximate surface area is 200 Å². The summed E-state index contributed by atoms with van der Waals surface area (Å²) in [5, 5.41) is 13.2. The van der Waals surface area contributed by atoms with E-state index in [1.165, 1.54) is 6.07 Å². The lowest BCUT2D eigenvalue weighted by Gasteiger charge is -2.11. The quantitative estimate of drug-likeness (QED) is 0.181. The van der Waals surface area contributed by atoms with Gasteiger partial charge >= 0.3 is 0 Å². The van der Waals surface area contributed by atoms with Crippen LogP contribution in [0.1, 0.15) is 66.9 Å². The number of guanidine groups is 1. The summed E-state index contributed by atoms with van der Waals surface area (Å²) in [6.45, 7) is 9.84. The van der Waals surface area contributed by atoms with Gasteiger partial charge < -0.3 is 20.5 Å². The highest BCUT2D eigenvalue weighted by Crippen LogP contribution is 2.22. The number of halogens is 2. The van der Waals surface area contributed by atoms with Crippen molar-refractivity contribution in [2.24, 2.45) is 4.99 Å². The van der Waals surface area contributed by atoms with Crippen LogP contribution < -0.4 is 16.0 Å². The third kappa shape index (κ3) is 8.47. The first-order valence-electron chi connectivity index (χ1n) is 10.5. The highest BCUT2D eigenvalue weighted by Gasteiger charge is 2.13. The molecule has 0 radical (unpaired) electrons. The Balaban J connectivity index is 0.00000480. The maximum Gasteiger partial charge on any atom is 0.251 e. The van der Waals surface area contributed by atoms with E-state index in [4.69, 9.17) is 4.52 Å². The van der Waals surface area contributed by atoms with Gasteiger partial charge in [0.25, 0.3) is 5.91 Å². The molecule has 9 heteroatoms. The Hall–Kier alpha value is -2.17. The maximum atomic E-state index is 13.6. The first-order valence-corrected chi connectivity index (χ1v) is 10.5. The Bertz CT molecular complexity index is 852. The van der Waals surface area contributed by atoms with E-state index in [1.54, 1.807) is 19.1 Å². The average Bonchev–Trinajstić information content (AvgIpc) is 3.20. The number of nitrogens with zero attached hydrogens (tertiary/aromatic N) is 2. The lowest BCUT2D eigenvalue weighted by molar-refractivity contribution is 0.0954. The zero-order valence-electron chi connectivity index (χ0n) is 18.6. The molecule has 1 amide bonds. The maximum absolute atomic E-state index is 13.6. The van der Waals surface area contributed by atoms with Gasteiger partial charge in [-0.05, 0) is 44.4 Å². The van der Waals surface area contributed by atoms with E-state index in [2.05, 4.69) is 39.9 Å². The summed E-state index contributed by atoms with van der Waals surface area (Å²) in [4.78, 5) is 16.6. The molecule has 172 valence electrons. The molecular formula is C22H33FIN5O2. The van der Waals surface area contributed by atoms with Crippen LogP contribution in [0.5, 0.6) is 0 Å². The smallest absolute Gasteiger partial charge is 0.251 e. The number of aliphatic imine (C=N–C) groups is 1. The van der Waals surface area contributed by atoms with E-state index in [-0.39, 0.29) is 35.7 Å². The monoisotopic (exact) mass is 545 g/mol. The van der Waals surface area contributed by atoms with Crippen LogP contribution in [0.4, 0.5) is 4.39 Å². The number of amides is 1. The van der Waals surface area contributed by atoms with Crippen molar-refractivity contribution < 1.29 is 13.7 Å². The molecule has 1 heterocycles. The van der Waals surface area contributed by atoms with Crippen LogP contribution >= 0.6 is 24.0 Å². The lowest BCUT2D eigenvalue weighted by atomic mass is 9.99. The summed E-state index contributed by atoms with van der Waals surface area (Å²) >= 11 is 0. The van der Waals surface area contributed by atoms with Crippen molar-refractivity contribution >= 4 is 35.8 Å². The third-order valence-corrected chi connectivity index (χ3v) is 4.86. The molecule has 0 spiro atoms. The van der Waals surface area contributed by atoms with Gasteiger partial charge in [-0.1, -0.05) is 25.1 Å². The van der Waals surface area contributed by atoms with Gasteiger partial charge in [-0.15, -0.1) is 24.0 Å². The van der Waals surface area contributed by atoms with E-state index in [1.807, 2.05) is 13.0 Å². The van der Waals surface area contributed by atoms with Crippen molar-refractivity contribution in [3.63, 3.8) is 0 Å². The van der Waals surface area contributed by atoms with Gasteiger partial charge in [0.2, 0.25) is 0 Å². The Morgan fingerprint density at radius 1 is 1.13 bits per heavy atom. The summed E-state index contributed by atoms with van der Waals surface area (Å²) in [5.41, 5.74) is 1.79. The molecule has 1 aromatic heterocycles. The second-order valence-electron chi connectivity index (χ2n) is 7.07. The first-order chi connectivity index (χ1) is 14.5. The van der Waals surface area contributed by atoms with Crippen LogP contribution in [0.2, 0.25) is 0 Å². The zero-order valence-corrected chi connectivity index (χ0v) is 21.0. The molecule has 0 bridgehead atoms. The van der Waals surface area contributed by atoms with Gasteiger partial charge in [-0.2, -0.15) is 0 Å². The molecule has 31 heavy (non-hydrogen) atoms. The zero-order chi connectivity index (χ0) is 21.9. The number of aryl methyl sites for hydroxylation is 1. The standard InChI is InChI=1S/C22H32FN5O2.HI/c1-5-16(6-2)20-13-18(30-28-20)14-27-22(24-7-3)26-11-10-25-21(29)17-9-8-15(4)19(23)12-17;/h8-9,12-13,16H,5-7,10-11,14H2,1-4H3,(H,25,29)(H2,24,26,27);1H. The summed E-state index contributed by atoms with van der Waals surface area (Å²) in [5.74, 6) is 1.04. The molecular weight excluding hydrogens is 512 g/mol. The molecule has 7 nitrogen and oxygen atoms in total. The number of carbonyl (C=O) groups is 1. The molecule has 0 aliphatic heterocycles. The fraction of sp³-hybridized carbons (Fsp3) is 0.500. The summed E-state index contributed by atoms with van der Waals surface area (Å²) in [7, 11) is 0. The molecule has 1 aromatic carbocycles. The molecule has 0 saturated carbocycles. The van der Waals surface area contributed by atoms with Crippen LogP contribution in [0, 0.1) is 12.7 Å². The highest BCUT2D eigenvalue weighted by atomic mass is 127. The van der Waals surface area contributed by atoms with E-state index in [0.29, 0.717) is 54.9 Å². The van der Waals surface area contributed by atoms with E-state index in [9.17, 15) is 9.18 Å². The van der Waals surface area contributed by atoms with Crippen LogP contribution in [0.15, 0.2) is 33.8 Å². The van der Waals surface area contributed by atoms with Gasteiger partial charge in [-0.3, -0.25) is 4.79 Å². The van der Waals surface area contributed by atoms with Crippen LogP contribution in [0.3, 0.4) is 0 Å². The van der Waals surface area contributed by atoms with Crippen molar-refractivity contribution in [1.29, 1.82) is 0 Å². The van der Waals surface area contributed by atoms with E-state index in [0.717, 1.165) is 18.5 Å². The molecule has 2 rings (SSSR count). The minimum atomic E-state index is -0.387. The van der Waals surface area contributed by atoms with Crippen molar-refractivity contribution in [3.8, 4) is 0 Å². The summed E-state index contributed by atoms with van der Waals surface area (Å²) < 4.78 is 19.0. The topological polar surface area (TPSA) is 91.6 Å². The molecule has 3 N–H and O–H groups in total. The van der Waals surface area contributed by atoms with E-state index < -0.39 is 0 Å². The van der Waals surface area contributed by atoms with Gasteiger partial charge in [-0.25, -0.2) is 9.38 Å². The fourth-order valence-corrected chi connectivity index (χ4v) is 2.99. The number of nitrogens with one attached hydrogen (secondary N) is 3. The first kappa shape index (κ1) is 26.9. The van der Waals surface area contributed by atoms with Crippen molar-refractivity contribution in [3.05, 3.63) is 52.7 Å². The number of carbonyl (C=O) groups excluding carboxylic acids is 1. The summed E-state index contributed by atoms with van der Waals surface area (Å²) in [6, 6.07) is 6.42. The van der Waals surface area contributed by atoms with Crippen molar-refractivity contribution in [2.45, 2.75) is 53.0 Å². The molecule has 0 saturated heterocycles. The molecule has 0 fully saturated rings. The molecule has 2 aromatic rings. The van der Waals surface area contributed by atoms with Gasteiger partial charge in [0.05, 0.1) is 5.69 Å². The highest BCUT2D eigenvalue weighted by molar-refractivity contribution is 14.0. The minimum Gasteiger partial charge on any atom is -0.359 e. The molecule has 0 aliphatic carbocycles. The van der Waals surface area contributed by atoms with Gasteiger partial charge in [0.15, 0.2) is 11.7 Å². The van der Waals surface area contributed by atoms with E-state index >= 15 is 0 Å². The van der Waals surface area contributed by atoms with Crippen LogP contribution in [-0.4, -0.2) is 36.7 Å². The Kier molecular flexibility index (Phi) is 12.1. The largest absolute Gasteiger partial charge is 0.359 e. The molecule has 0 aliphatic rings. The van der Waals surface area contributed by atoms with Gasteiger partial charge in [0, 0.05) is 37.2 Å². The minimum absolute atomic E-state index is 0. The average molecular weight is 545 g/mol. The number of aromatic nitrogens is 1. The SMILES string of the molecule is CCNC(=NCc1cc(C(CC)CC)no1)NCCNC(=O)c1ccc(C)c(F)c1.I. The van der Waals surface area contributed by atoms with Crippen LogP contribution in [0.25, 0.3) is 0 Å². The normalized spacial score (nSPS) is 11.2. The fourth-order valence-electron chi connectivity index (χ4n) is 2.99. The van der Waals surface area contributed by atoms with Crippen molar-refractivity contribution in [2.75, 3.05) is 19.6 Å². The number of hydrogen-bond acceptors (Lipinski definition) is 4. The Morgan fingerprint density at radius 3 is 2.48 bits per heavy atom. The Morgan fingerprint density at radius 2 is 1.84 bits per heavy atom. The predicted molar refractivity (Wildman–Crippen MR) is 132 cm³/mol. The number of rotatable bonds is 10. The second-order valence-corrected chi connectivity index (χ2v) is 7.07. The van der Waals surface area contributed by atoms with Crippen LogP contribution in [-0.2, 0) is 6.54 Å². The molecule has 0 unspecified atom stereocenters. The summed E-state index contributed by atoms with van der Waals surface area (Å²) in [6.07, 6.45) is 2.05. The third-order valence-electron chi connectivity index (χ3n) is 4.86. The van der Waals surface area contributed by atoms with Crippen molar-refractivity contribution in [1.82, 2.24) is 21.1 Å². The predicted octanol–water partition coefficient (Wildman–Crippen LogP) is 4.13. The molecule has 0 atom stereocenters. The lowest BCUT2D eigenvalue weighted by Crippen LogP contribution is -2.41. The second kappa shape index (κ2) is 14.0. The number of hydrogen-bond donors (Lipinski definition) is 3.